The standard InChI is InChI=1S/C27H33N3O3S/c1-5-8-10-19-13-15-20(16-14-19)25(31)28-22-12-9-11-21(17-22)24-23(26(32)33-7-3)18(4)30(6-2)27(34)29-24/h9,11-17,24H,5-8,10H2,1-4H3,(H,28,31)(H,29,34). The summed E-state index contributed by atoms with van der Waals surface area (Å²) in [6.45, 7) is 8.73. The molecule has 1 amide bonds. The molecular weight excluding hydrogens is 446 g/mol. The van der Waals surface area contributed by atoms with Crippen molar-refractivity contribution in [3.63, 3.8) is 0 Å². The summed E-state index contributed by atoms with van der Waals surface area (Å²) in [5.74, 6) is -0.558. The van der Waals surface area contributed by atoms with Gasteiger partial charge in [0.2, 0.25) is 0 Å². The summed E-state index contributed by atoms with van der Waals surface area (Å²) < 4.78 is 5.34. The van der Waals surface area contributed by atoms with Crippen molar-refractivity contribution in [2.75, 3.05) is 18.5 Å². The average Bonchev–Trinajstić information content (AvgIpc) is 2.83. The van der Waals surface area contributed by atoms with Crippen LogP contribution >= 0.6 is 12.2 Å². The summed E-state index contributed by atoms with van der Waals surface area (Å²) >= 11 is 5.55. The predicted octanol–water partition coefficient (Wildman–Crippen LogP) is 5.37. The zero-order valence-corrected chi connectivity index (χ0v) is 21.1. The number of thiocarbonyl (C=S) groups is 1. The third-order valence-corrected chi connectivity index (χ3v) is 6.26. The molecule has 0 saturated carbocycles. The van der Waals surface area contributed by atoms with Gasteiger partial charge in [-0.2, -0.15) is 0 Å². The van der Waals surface area contributed by atoms with Crippen molar-refractivity contribution in [1.29, 1.82) is 0 Å². The van der Waals surface area contributed by atoms with Crippen LogP contribution in [0.4, 0.5) is 5.69 Å². The molecule has 2 aromatic rings. The maximum absolute atomic E-state index is 12.8. The van der Waals surface area contributed by atoms with Crippen molar-refractivity contribution in [3.05, 3.63) is 76.5 Å². The Hall–Kier alpha value is -3.19. The second kappa shape index (κ2) is 11.8. The molecule has 0 radical (unpaired) electrons. The van der Waals surface area contributed by atoms with E-state index in [1.165, 1.54) is 5.56 Å². The third-order valence-electron chi connectivity index (χ3n) is 5.92. The lowest BCUT2D eigenvalue weighted by Crippen LogP contribution is -2.47. The lowest BCUT2D eigenvalue weighted by molar-refractivity contribution is -0.139. The Morgan fingerprint density at radius 2 is 1.85 bits per heavy atom. The Labute approximate surface area is 207 Å². The summed E-state index contributed by atoms with van der Waals surface area (Å²) in [5.41, 5.74) is 4.58. The van der Waals surface area contributed by atoms with Crippen LogP contribution in [-0.2, 0) is 16.0 Å². The summed E-state index contributed by atoms with van der Waals surface area (Å²) in [6.07, 6.45) is 3.29. The number of carbonyl (C=O) groups is 2. The number of unbranched alkanes of at least 4 members (excludes halogenated alkanes) is 1. The number of hydrogen-bond donors (Lipinski definition) is 2. The quantitative estimate of drug-likeness (QED) is 0.372. The number of allylic oxidation sites excluding steroid dienone is 1. The topological polar surface area (TPSA) is 70.7 Å². The number of nitrogens with one attached hydrogen (secondary N) is 2. The van der Waals surface area contributed by atoms with Gasteiger partial charge in [-0.25, -0.2) is 4.79 Å². The monoisotopic (exact) mass is 479 g/mol. The van der Waals surface area contributed by atoms with Crippen molar-refractivity contribution in [1.82, 2.24) is 10.2 Å². The van der Waals surface area contributed by atoms with Crippen LogP contribution in [0.15, 0.2) is 59.8 Å². The summed E-state index contributed by atoms with van der Waals surface area (Å²) in [6, 6.07) is 14.7. The van der Waals surface area contributed by atoms with Crippen molar-refractivity contribution >= 4 is 34.9 Å². The van der Waals surface area contributed by atoms with E-state index in [0.29, 0.717) is 28.5 Å². The molecule has 34 heavy (non-hydrogen) atoms. The number of benzene rings is 2. The molecule has 1 unspecified atom stereocenters. The van der Waals surface area contributed by atoms with Crippen LogP contribution in [0.1, 0.15) is 68.1 Å². The second-order valence-electron chi connectivity index (χ2n) is 8.23. The van der Waals surface area contributed by atoms with Crippen LogP contribution in [0.5, 0.6) is 0 Å². The number of ether oxygens (including phenoxy) is 1. The van der Waals surface area contributed by atoms with Crippen LogP contribution in [0.25, 0.3) is 0 Å². The maximum Gasteiger partial charge on any atom is 0.338 e. The fourth-order valence-electron chi connectivity index (χ4n) is 4.09. The highest BCUT2D eigenvalue weighted by Crippen LogP contribution is 2.32. The lowest BCUT2D eigenvalue weighted by atomic mass is 9.94. The molecule has 0 saturated heterocycles. The van der Waals surface area contributed by atoms with E-state index in [1.54, 1.807) is 6.92 Å². The van der Waals surface area contributed by atoms with Gasteiger partial charge in [-0.1, -0.05) is 37.6 Å². The predicted molar refractivity (Wildman–Crippen MR) is 140 cm³/mol. The molecule has 0 bridgehead atoms. The first-order valence-electron chi connectivity index (χ1n) is 11.9. The molecule has 7 heteroatoms. The first-order chi connectivity index (χ1) is 16.4. The molecule has 2 aromatic carbocycles. The van der Waals surface area contributed by atoms with Gasteiger partial charge in [-0.3, -0.25) is 4.79 Å². The Morgan fingerprint density at radius 1 is 1.12 bits per heavy atom. The number of amides is 1. The SMILES string of the molecule is CCCCc1ccc(C(=O)Nc2cccc(C3NC(=S)N(CC)C(C)=C3C(=O)OCC)c2)cc1. The summed E-state index contributed by atoms with van der Waals surface area (Å²) in [5, 5.41) is 6.80. The van der Waals surface area contributed by atoms with E-state index in [-0.39, 0.29) is 18.5 Å². The Morgan fingerprint density at radius 3 is 2.50 bits per heavy atom. The summed E-state index contributed by atoms with van der Waals surface area (Å²) in [7, 11) is 0. The lowest BCUT2D eigenvalue weighted by Gasteiger charge is -2.37. The molecule has 2 N–H and O–H groups in total. The van der Waals surface area contributed by atoms with Gasteiger partial charge >= 0.3 is 5.97 Å². The van der Waals surface area contributed by atoms with Crippen molar-refractivity contribution in [3.8, 4) is 0 Å². The van der Waals surface area contributed by atoms with E-state index in [4.69, 9.17) is 17.0 Å². The molecule has 3 rings (SSSR count). The summed E-state index contributed by atoms with van der Waals surface area (Å²) in [4.78, 5) is 27.6. The molecule has 1 heterocycles. The van der Waals surface area contributed by atoms with Crippen LogP contribution in [0, 0.1) is 0 Å². The van der Waals surface area contributed by atoms with Gasteiger partial charge in [0.1, 0.15) is 0 Å². The molecule has 6 nitrogen and oxygen atoms in total. The highest BCUT2D eigenvalue weighted by atomic mass is 32.1. The highest BCUT2D eigenvalue weighted by Gasteiger charge is 2.34. The fraction of sp³-hybridized carbons (Fsp3) is 0.370. The van der Waals surface area contributed by atoms with E-state index >= 15 is 0 Å². The minimum atomic E-state index is -0.468. The average molecular weight is 480 g/mol. The second-order valence-corrected chi connectivity index (χ2v) is 8.61. The van der Waals surface area contributed by atoms with Gasteiger partial charge < -0.3 is 20.3 Å². The number of rotatable bonds is 9. The number of carbonyl (C=O) groups excluding carboxylic acids is 2. The fourth-order valence-corrected chi connectivity index (χ4v) is 4.47. The van der Waals surface area contributed by atoms with E-state index in [9.17, 15) is 9.59 Å². The maximum atomic E-state index is 12.8. The Kier molecular flexibility index (Phi) is 8.82. The molecule has 0 fully saturated rings. The van der Waals surface area contributed by atoms with Gasteiger partial charge in [-0.15, -0.1) is 0 Å². The zero-order chi connectivity index (χ0) is 24.7. The Balaban J connectivity index is 1.84. The van der Waals surface area contributed by atoms with E-state index < -0.39 is 6.04 Å². The first-order valence-corrected chi connectivity index (χ1v) is 12.3. The minimum Gasteiger partial charge on any atom is -0.463 e. The van der Waals surface area contributed by atoms with Gasteiger partial charge in [0.05, 0.1) is 18.2 Å². The highest BCUT2D eigenvalue weighted by molar-refractivity contribution is 7.80. The molecule has 1 atom stereocenters. The van der Waals surface area contributed by atoms with E-state index in [1.807, 2.05) is 67.3 Å². The zero-order valence-electron chi connectivity index (χ0n) is 20.3. The molecule has 1 aliphatic heterocycles. The van der Waals surface area contributed by atoms with Crippen molar-refractivity contribution < 1.29 is 14.3 Å². The first kappa shape index (κ1) is 25.4. The number of aryl methyl sites for hydroxylation is 1. The minimum absolute atomic E-state index is 0.180. The van der Waals surface area contributed by atoms with Crippen molar-refractivity contribution in [2.24, 2.45) is 0 Å². The molecule has 0 aromatic heterocycles. The van der Waals surface area contributed by atoms with Crippen LogP contribution in [0.3, 0.4) is 0 Å². The molecule has 1 aliphatic rings. The van der Waals surface area contributed by atoms with E-state index in [2.05, 4.69) is 17.6 Å². The molecular formula is C27H33N3O3S. The van der Waals surface area contributed by atoms with E-state index in [0.717, 1.165) is 30.5 Å². The molecule has 0 spiro atoms. The number of hydrogen-bond acceptors (Lipinski definition) is 4. The number of nitrogens with zero attached hydrogens (tertiary/aromatic N) is 1. The third kappa shape index (κ3) is 5.83. The van der Waals surface area contributed by atoms with Crippen LogP contribution in [0.2, 0.25) is 0 Å². The van der Waals surface area contributed by atoms with Gasteiger partial charge in [0.25, 0.3) is 5.91 Å². The van der Waals surface area contributed by atoms with Crippen molar-refractivity contribution in [2.45, 2.75) is 53.0 Å². The van der Waals surface area contributed by atoms with Gasteiger partial charge in [0, 0.05) is 23.5 Å². The normalized spacial score (nSPS) is 15.7. The largest absolute Gasteiger partial charge is 0.463 e. The Bertz CT molecular complexity index is 1080. The van der Waals surface area contributed by atoms with Gasteiger partial charge in [-0.05, 0) is 81.2 Å². The molecule has 180 valence electrons. The number of esters is 1. The number of anilines is 1. The van der Waals surface area contributed by atoms with Crippen LogP contribution < -0.4 is 10.6 Å². The van der Waals surface area contributed by atoms with Crippen LogP contribution in [-0.4, -0.2) is 35.0 Å². The smallest absolute Gasteiger partial charge is 0.338 e. The van der Waals surface area contributed by atoms with Gasteiger partial charge in [0.15, 0.2) is 5.11 Å². The molecule has 0 aliphatic carbocycles.